The van der Waals surface area contributed by atoms with Crippen LogP contribution in [0, 0.1) is 12.7 Å². The molecule has 9 heteroatoms. The van der Waals surface area contributed by atoms with Crippen LogP contribution in [0.3, 0.4) is 0 Å². The number of hydrogen-bond donors (Lipinski definition) is 1. The number of sulfone groups is 1. The first-order valence-corrected chi connectivity index (χ1v) is 13.5. The highest BCUT2D eigenvalue weighted by Gasteiger charge is 2.30. The molecule has 6 nitrogen and oxygen atoms in total. The normalized spacial score (nSPS) is 14.6. The molecule has 34 heavy (non-hydrogen) atoms. The molecule has 2 aromatic heterocycles. The van der Waals surface area contributed by atoms with Gasteiger partial charge in [0, 0.05) is 11.1 Å². The third-order valence-corrected chi connectivity index (χ3v) is 9.68. The summed E-state index contributed by atoms with van der Waals surface area (Å²) in [4.78, 5) is 14.6. The van der Waals surface area contributed by atoms with Gasteiger partial charge in [0.05, 0.1) is 27.3 Å². The molecule has 0 unspecified atom stereocenters. The molecular weight excluding hydrogens is 473 g/mol. The molecule has 0 saturated heterocycles. The van der Waals surface area contributed by atoms with Crippen molar-refractivity contribution >= 4 is 43.0 Å². The van der Waals surface area contributed by atoms with Gasteiger partial charge in [-0.3, -0.25) is 9.48 Å². The highest BCUT2D eigenvalue weighted by Crippen LogP contribution is 2.31. The van der Waals surface area contributed by atoms with E-state index in [1.165, 1.54) is 23.5 Å². The van der Waals surface area contributed by atoms with Crippen LogP contribution in [0.25, 0.3) is 10.2 Å². The predicted molar refractivity (Wildman–Crippen MR) is 132 cm³/mol. The fourth-order valence-corrected chi connectivity index (χ4v) is 7.32. The van der Waals surface area contributed by atoms with Crippen LogP contribution < -0.4 is 5.32 Å². The van der Waals surface area contributed by atoms with Gasteiger partial charge in [-0.1, -0.05) is 25.0 Å². The van der Waals surface area contributed by atoms with Crippen LogP contribution in [0.1, 0.15) is 46.6 Å². The molecule has 1 fully saturated rings. The molecule has 176 valence electrons. The minimum Gasteiger partial charge on any atom is -0.321 e. The number of carbonyl (C=O) groups excluding carboxylic acids is 1. The lowest BCUT2D eigenvalue weighted by molar-refractivity contribution is 0.103. The van der Waals surface area contributed by atoms with Crippen LogP contribution in [0.4, 0.5) is 10.1 Å². The van der Waals surface area contributed by atoms with Crippen LogP contribution in [-0.4, -0.2) is 29.4 Å². The van der Waals surface area contributed by atoms with Crippen molar-refractivity contribution < 1.29 is 17.6 Å². The molecule has 0 aliphatic heterocycles. The van der Waals surface area contributed by atoms with Gasteiger partial charge in [-0.15, -0.1) is 11.3 Å². The van der Waals surface area contributed by atoms with E-state index in [2.05, 4.69) is 10.4 Å². The number of amides is 1. The van der Waals surface area contributed by atoms with E-state index in [-0.39, 0.29) is 17.0 Å². The van der Waals surface area contributed by atoms with Gasteiger partial charge in [0.1, 0.15) is 10.6 Å². The molecule has 2 aromatic carbocycles. The standard InChI is InChI=1S/C25H24FN3O3S2/c1-16-22-14-23(33-25(22)29(28-16)15-17-6-8-18(26)9-7-17)24(30)27-19-10-12-21(13-11-19)34(31,32)20-4-2-3-5-20/h6-14,20H,2-5,15H2,1H3,(H,27,30). The molecule has 1 saturated carbocycles. The molecule has 0 radical (unpaired) electrons. The first-order valence-electron chi connectivity index (χ1n) is 11.2. The Morgan fingerprint density at radius 1 is 1.12 bits per heavy atom. The van der Waals surface area contributed by atoms with Gasteiger partial charge in [-0.25, -0.2) is 12.8 Å². The Hall–Kier alpha value is -3.04. The van der Waals surface area contributed by atoms with Gasteiger partial charge >= 0.3 is 0 Å². The Morgan fingerprint density at radius 3 is 2.47 bits per heavy atom. The summed E-state index contributed by atoms with van der Waals surface area (Å²) < 4.78 is 40.5. The first-order chi connectivity index (χ1) is 16.3. The maximum absolute atomic E-state index is 13.2. The van der Waals surface area contributed by atoms with Crippen LogP contribution in [0.2, 0.25) is 0 Å². The second kappa shape index (κ2) is 8.96. The second-order valence-electron chi connectivity index (χ2n) is 8.63. The van der Waals surface area contributed by atoms with Crippen LogP contribution in [0.5, 0.6) is 0 Å². The van der Waals surface area contributed by atoms with Crippen molar-refractivity contribution in [3.8, 4) is 0 Å². The molecular formula is C25H24FN3O3S2. The van der Waals surface area contributed by atoms with Gasteiger partial charge in [0.15, 0.2) is 9.84 Å². The van der Waals surface area contributed by atoms with Gasteiger partial charge in [0.25, 0.3) is 5.91 Å². The van der Waals surface area contributed by atoms with E-state index in [1.54, 1.807) is 36.4 Å². The summed E-state index contributed by atoms with van der Waals surface area (Å²) in [6.45, 7) is 2.37. The number of carbonyl (C=O) groups is 1. The van der Waals surface area contributed by atoms with Gasteiger partial charge in [-0.2, -0.15) is 5.10 Å². The lowest BCUT2D eigenvalue weighted by Crippen LogP contribution is -2.17. The molecule has 1 N–H and O–H groups in total. The zero-order valence-electron chi connectivity index (χ0n) is 18.6. The molecule has 0 atom stereocenters. The number of fused-ring (bicyclic) bond motifs is 1. The largest absolute Gasteiger partial charge is 0.321 e. The van der Waals surface area contributed by atoms with Gasteiger partial charge in [-0.05, 0) is 67.8 Å². The average molecular weight is 498 g/mol. The van der Waals surface area contributed by atoms with E-state index >= 15 is 0 Å². The number of benzene rings is 2. The Balaban J connectivity index is 1.33. The number of thiophene rings is 1. The Morgan fingerprint density at radius 2 is 1.79 bits per heavy atom. The number of rotatable bonds is 6. The van der Waals surface area contributed by atoms with E-state index in [0.29, 0.717) is 34.8 Å². The summed E-state index contributed by atoms with van der Waals surface area (Å²) in [7, 11) is -3.32. The highest BCUT2D eigenvalue weighted by molar-refractivity contribution is 7.92. The van der Waals surface area contributed by atoms with Gasteiger partial charge < -0.3 is 5.32 Å². The Labute approximate surface area is 201 Å². The molecule has 5 rings (SSSR count). The fourth-order valence-electron chi connectivity index (χ4n) is 4.41. The lowest BCUT2D eigenvalue weighted by Gasteiger charge is -2.11. The zero-order chi connectivity index (χ0) is 23.9. The monoisotopic (exact) mass is 497 g/mol. The van der Waals surface area contributed by atoms with E-state index in [9.17, 15) is 17.6 Å². The number of anilines is 1. The number of nitrogens with one attached hydrogen (secondary N) is 1. The maximum Gasteiger partial charge on any atom is 0.265 e. The van der Waals surface area contributed by atoms with Crippen molar-refractivity contribution in [2.75, 3.05) is 5.32 Å². The van der Waals surface area contributed by atoms with Crippen LogP contribution in [-0.2, 0) is 16.4 Å². The molecule has 2 heterocycles. The minimum atomic E-state index is -3.32. The van der Waals surface area contributed by atoms with Crippen LogP contribution >= 0.6 is 11.3 Å². The third-order valence-electron chi connectivity index (χ3n) is 6.26. The summed E-state index contributed by atoms with van der Waals surface area (Å²) in [6, 6.07) is 14.5. The van der Waals surface area contributed by atoms with E-state index < -0.39 is 9.84 Å². The van der Waals surface area contributed by atoms with Crippen molar-refractivity contribution in [1.82, 2.24) is 9.78 Å². The highest BCUT2D eigenvalue weighted by atomic mass is 32.2. The molecule has 4 aromatic rings. The zero-order valence-corrected chi connectivity index (χ0v) is 20.3. The quantitative estimate of drug-likeness (QED) is 0.378. The van der Waals surface area contributed by atoms with Crippen molar-refractivity contribution in [1.29, 1.82) is 0 Å². The molecule has 1 amide bonds. The number of nitrogens with zero attached hydrogens (tertiary/aromatic N) is 2. The number of halogens is 1. The fraction of sp³-hybridized carbons (Fsp3) is 0.280. The summed E-state index contributed by atoms with van der Waals surface area (Å²) in [5, 5.41) is 8.02. The van der Waals surface area contributed by atoms with E-state index in [4.69, 9.17) is 0 Å². The first kappa shape index (κ1) is 22.7. The smallest absolute Gasteiger partial charge is 0.265 e. The SMILES string of the molecule is Cc1nn(Cc2ccc(F)cc2)c2sc(C(=O)Nc3ccc(S(=O)(=O)C4CCCC4)cc3)cc12. The van der Waals surface area contributed by atoms with Crippen molar-refractivity contribution in [3.05, 3.63) is 76.5 Å². The van der Waals surface area contributed by atoms with Gasteiger partial charge in [0.2, 0.25) is 0 Å². The molecule has 1 aliphatic carbocycles. The third kappa shape index (κ3) is 4.37. The maximum atomic E-state index is 13.2. The number of aromatic nitrogens is 2. The number of hydrogen-bond acceptors (Lipinski definition) is 5. The molecule has 1 aliphatic rings. The van der Waals surface area contributed by atoms with E-state index in [1.807, 2.05) is 17.7 Å². The van der Waals surface area contributed by atoms with Crippen molar-refractivity contribution in [3.63, 3.8) is 0 Å². The molecule has 0 spiro atoms. The van der Waals surface area contributed by atoms with E-state index in [0.717, 1.165) is 34.3 Å². The summed E-state index contributed by atoms with van der Waals surface area (Å²) in [5.74, 6) is -0.551. The average Bonchev–Trinajstić information content (AvgIpc) is 3.56. The summed E-state index contributed by atoms with van der Waals surface area (Å²) >= 11 is 1.34. The Bertz CT molecular complexity index is 1450. The predicted octanol–water partition coefficient (Wildman–Crippen LogP) is 5.56. The van der Waals surface area contributed by atoms with Crippen LogP contribution in [0.15, 0.2) is 59.5 Å². The van der Waals surface area contributed by atoms with Crippen molar-refractivity contribution in [2.45, 2.75) is 49.3 Å². The minimum absolute atomic E-state index is 0.264. The molecule has 0 bridgehead atoms. The lowest BCUT2D eigenvalue weighted by atomic mass is 10.2. The summed E-state index contributed by atoms with van der Waals surface area (Å²) in [5.41, 5.74) is 2.27. The Kier molecular flexibility index (Phi) is 5.99. The van der Waals surface area contributed by atoms with Crippen molar-refractivity contribution in [2.24, 2.45) is 0 Å². The summed E-state index contributed by atoms with van der Waals surface area (Å²) in [6.07, 6.45) is 3.33. The second-order valence-corrected chi connectivity index (χ2v) is 11.9. The topological polar surface area (TPSA) is 81.1 Å². The number of aryl methyl sites for hydroxylation is 1.